The third kappa shape index (κ3) is 2.93. The minimum absolute atomic E-state index is 0.0172. The summed E-state index contributed by atoms with van der Waals surface area (Å²) in [4.78, 5) is 26.0. The molecule has 1 aliphatic heterocycles. The fourth-order valence-corrected chi connectivity index (χ4v) is 2.47. The molecule has 1 aliphatic rings. The zero-order valence-electron chi connectivity index (χ0n) is 11.8. The second-order valence-electron chi connectivity index (χ2n) is 5.13. The van der Waals surface area contributed by atoms with E-state index < -0.39 is 6.10 Å². The van der Waals surface area contributed by atoms with Crippen LogP contribution in [-0.4, -0.2) is 22.5 Å². The topological polar surface area (TPSA) is 91.4 Å². The Labute approximate surface area is 126 Å². The van der Waals surface area contributed by atoms with E-state index in [1.165, 1.54) is 6.07 Å². The number of H-pyrrole nitrogens is 1. The second-order valence-corrected chi connectivity index (χ2v) is 5.13. The number of hydrogen-bond acceptors (Lipinski definition) is 4. The first-order valence-electron chi connectivity index (χ1n) is 6.99. The van der Waals surface area contributed by atoms with E-state index in [1.54, 1.807) is 18.2 Å². The van der Waals surface area contributed by atoms with Crippen LogP contribution in [0.15, 0.2) is 41.2 Å². The Hall–Kier alpha value is -2.44. The first-order chi connectivity index (χ1) is 10.6. The van der Waals surface area contributed by atoms with E-state index in [0.717, 1.165) is 11.1 Å². The first-order valence-corrected chi connectivity index (χ1v) is 6.99. The van der Waals surface area contributed by atoms with Crippen LogP contribution in [0, 0.1) is 0 Å². The number of aliphatic hydroxyl groups is 1. The van der Waals surface area contributed by atoms with Crippen molar-refractivity contribution in [1.82, 2.24) is 10.3 Å². The molecule has 1 aromatic heterocycles. The monoisotopic (exact) mass is 300 g/mol. The average Bonchev–Trinajstić information content (AvgIpc) is 3.00. The molecule has 3 rings (SSSR count). The summed E-state index contributed by atoms with van der Waals surface area (Å²) in [5.74, 6) is -0.264. The summed E-state index contributed by atoms with van der Waals surface area (Å²) in [5, 5.41) is 12.7. The van der Waals surface area contributed by atoms with E-state index in [9.17, 15) is 14.7 Å². The molecule has 1 unspecified atom stereocenters. The van der Waals surface area contributed by atoms with Crippen molar-refractivity contribution >= 4 is 5.91 Å². The Balaban J connectivity index is 1.68. The molecule has 0 spiro atoms. The van der Waals surface area contributed by atoms with Crippen molar-refractivity contribution in [3.05, 3.63) is 69.1 Å². The SMILES string of the molecule is O=C(NCC(O)c1cccc(=O)[nH]1)c1cccc2c1COC2. The van der Waals surface area contributed by atoms with E-state index in [4.69, 9.17) is 4.74 Å². The molecule has 3 N–H and O–H groups in total. The Morgan fingerprint density at radius 3 is 2.91 bits per heavy atom. The average molecular weight is 300 g/mol. The van der Waals surface area contributed by atoms with E-state index in [-0.39, 0.29) is 18.0 Å². The third-order valence-electron chi connectivity index (χ3n) is 3.63. The van der Waals surface area contributed by atoms with Crippen LogP contribution < -0.4 is 10.9 Å². The highest BCUT2D eigenvalue weighted by Gasteiger charge is 2.19. The Morgan fingerprint density at radius 1 is 1.27 bits per heavy atom. The van der Waals surface area contributed by atoms with E-state index in [1.807, 2.05) is 12.1 Å². The van der Waals surface area contributed by atoms with Gasteiger partial charge in [0, 0.05) is 23.9 Å². The zero-order valence-corrected chi connectivity index (χ0v) is 11.8. The normalized spacial score (nSPS) is 14.4. The lowest BCUT2D eigenvalue weighted by molar-refractivity contribution is 0.0909. The molecule has 6 nitrogen and oxygen atoms in total. The van der Waals surface area contributed by atoms with Crippen molar-refractivity contribution in [3.63, 3.8) is 0 Å². The van der Waals surface area contributed by atoms with Gasteiger partial charge in [-0.15, -0.1) is 0 Å². The van der Waals surface area contributed by atoms with Gasteiger partial charge in [0.15, 0.2) is 0 Å². The zero-order chi connectivity index (χ0) is 15.5. The van der Waals surface area contributed by atoms with Crippen molar-refractivity contribution in [2.75, 3.05) is 6.54 Å². The highest BCUT2D eigenvalue weighted by Crippen LogP contribution is 2.23. The fourth-order valence-electron chi connectivity index (χ4n) is 2.47. The lowest BCUT2D eigenvalue weighted by Crippen LogP contribution is -2.30. The van der Waals surface area contributed by atoms with Crippen LogP contribution in [0.4, 0.5) is 0 Å². The molecule has 22 heavy (non-hydrogen) atoms. The van der Waals surface area contributed by atoms with Gasteiger partial charge in [0.1, 0.15) is 6.10 Å². The van der Waals surface area contributed by atoms with Gasteiger partial charge in [0.05, 0.1) is 13.2 Å². The van der Waals surface area contributed by atoms with Gasteiger partial charge in [0.25, 0.3) is 5.91 Å². The van der Waals surface area contributed by atoms with Gasteiger partial charge < -0.3 is 20.1 Å². The number of ether oxygens (including phenoxy) is 1. The van der Waals surface area contributed by atoms with E-state index >= 15 is 0 Å². The summed E-state index contributed by atoms with van der Waals surface area (Å²) in [7, 11) is 0. The maximum atomic E-state index is 12.3. The molecule has 114 valence electrons. The van der Waals surface area contributed by atoms with Gasteiger partial charge in [0.2, 0.25) is 5.56 Å². The standard InChI is InChI=1S/C16H16N2O4/c19-14(13-5-2-6-15(20)18-13)7-17-16(21)11-4-1-3-10-8-22-9-12(10)11/h1-6,14,19H,7-9H2,(H,17,21)(H,18,20). The number of hydrogen-bond donors (Lipinski definition) is 3. The van der Waals surface area contributed by atoms with Crippen molar-refractivity contribution in [2.45, 2.75) is 19.3 Å². The van der Waals surface area contributed by atoms with Crippen molar-refractivity contribution in [2.24, 2.45) is 0 Å². The number of carbonyl (C=O) groups excluding carboxylic acids is 1. The summed E-state index contributed by atoms with van der Waals surface area (Å²) in [6.07, 6.45) is -0.967. The molecule has 0 bridgehead atoms. The van der Waals surface area contributed by atoms with E-state index in [2.05, 4.69) is 10.3 Å². The van der Waals surface area contributed by atoms with Gasteiger partial charge in [-0.05, 0) is 23.3 Å². The number of aliphatic hydroxyl groups excluding tert-OH is 1. The highest BCUT2D eigenvalue weighted by atomic mass is 16.5. The summed E-state index contributed by atoms with van der Waals surface area (Å²) in [6, 6.07) is 10.0. The molecule has 0 aliphatic carbocycles. The van der Waals surface area contributed by atoms with Crippen LogP contribution in [0.5, 0.6) is 0 Å². The second kappa shape index (κ2) is 6.13. The number of fused-ring (bicyclic) bond motifs is 1. The van der Waals surface area contributed by atoms with Crippen LogP contribution in [0.3, 0.4) is 0 Å². The van der Waals surface area contributed by atoms with Crippen molar-refractivity contribution < 1.29 is 14.6 Å². The van der Waals surface area contributed by atoms with Crippen molar-refractivity contribution in [1.29, 1.82) is 0 Å². The predicted molar refractivity (Wildman–Crippen MR) is 79.3 cm³/mol. The molecule has 1 amide bonds. The number of aromatic amines is 1. The summed E-state index contributed by atoms with van der Waals surface area (Å²) in [6.45, 7) is 0.959. The van der Waals surface area contributed by atoms with Gasteiger partial charge >= 0.3 is 0 Å². The number of rotatable bonds is 4. The maximum absolute atomic E-state index is 12.3. The van der Waals surface area contributed by atoms with Crippen LogP contribution >= 0.6 is 0 Å². The summed E-state index contributed by atoms with van der Waals surface area (Å²) in [5.41, 5.74) is 2.54. The molecule has 0 saturated heterocycles. The summed E-state index contributed by atoms with van der Waals surface area (Å²) >= 11 is 0. The van der Waals surface area contributed by atoms with Crippen LogP contribution in [0.2, 0.25) is 0 Å². The predicted octanol–water partition coefficient (Wildman–Crippen LogP) is 0.868. The maximum Gasteiger partial charge on any atom is 0.251 e. The van der Waals surface area contributed by atoms with Gasteiger partial charge in [-0.1, -0.05) is 18.2 Å². The molecule has 0 radical (unpaired) electrons. The number of amides is 1. The third-order valence-corrected chi connectivity index (χ3v) is 3.63. The molecule has 0 saturated carbocycles. The molecule has 2 aromatic rings. The van der Waals surface area contributed by atoms with E-state index in [0.29, 0.717) is 24.5 Å². The quantitative estimate of drug-likeness (QED) is 0.781. The van der Waals surface area contributed by atoms with Crippen LogP contribution in [0.25, 0.3) is 0 Å². The lowest BCUT2D eigenvalue weighted by atomic mass is 10.0. The Morgan fingerprint density at radius 2 is 2.09 bits per heavy atom. The molecule has 2 heterocycles. The van der Waals surface area contributed by atoms with Crippen molar-refractivity contribution in [3.8, 4) is 0 Å². The Kier molecular flexibility index (Phi) is 4.04. The Bertz CT molecular complexity index is 754. The number of pyridine rings is 1. The largest absolute Gasteiger partial charge is 0.385 e. The smallest absolute Gasteiger partial charge is 0.251 e. The van der Waals surface area contributed by atoms with Gasteiger partial charge in [-0.25, -0.2) is 0 Å². The van der Waals surface area contributed by atoms with Crippen LogP contribution in [0.1, 0.15) is 33.3 Å². The van der Waals surface area contributed by atoms with Gasteiger partial charge in [-0.3, -0.25) is 9.59 Å². The highest BCUT2D eigenvalue weighted by molar-refractivity contribution is 5.96. The summed E-state index contributed by atoms with van der Waals surface area (Å²) < 4.78 is 5.34. The number of carbonyl (C=O) groups is 1. The number of nitrogens with one attached hydrogen (secondary N) is 2. The molecule has 1 aromatic carbocycles. The molecule has 6 heteroatoms. The van der Waals surface area contributed by atoms with Gasteiger partial charge in [-0.2, -0.15) is 0 Å². The molecule has 1 atom stereocenters. The molecular formula is C16H16N2O4. The minimum atomic E-state index is -0.967. The molecular weight excluding hydrogens is 284 g/mol. The lowest BCUT2D eigenvalue weighted by Gasteiger charge is -2.13. The fraction of sp³-hybridized carbons (Fsp3) is 0.250. The number of benzene rings is 1. The first kappa shape index (κ1) is 14.5. The minimum Gasteiger partial charge on any atom is -0.385 e. The van der Waals surface area contributed by atoms with Crippen LogP contribution in [-0.2, 0) is 18.0 Å². The molecule has 0 fully saturated rings. The number of aromatic nitrogens is 1.